The molecule has 9 heteroatoms. The van der Waals surface area contributed by atoms with Crippen LogP contribution in [0.5, 0.6) is 17.2 Å². The van der Waals surface area contributed by atoms with E-state index < -0.39 is 0 Å². The van der Waals surface area contributed by atoms with E-state index in [0.717, 1.165) is 16.9 Å². The van der Waals surface area contributed by atoms with E-state index in [-0.39, 0.29) is 30.4 Å². The van der Waals surface area contributed by atoms with Crippen LogP contribution in [0.4, 0.5) is 0 Å². The highest BCUT2D eigenvalue weighted by atomic mass is 16.5. The molecule has 174 valence electrons. The molecule has 9 nitrogen and oxygen atoms in total. The third-order valence-corrected chi connectivity index (χ3v) is 5.84. The van der Waals surface area contributed by atoms with Crippen molar-refractivity contribution in [3.05, 3.63) is 66.0 Å². The average molecular weight is 453 g/mol. The molecule has 0 aliphatic carbocycles. The SMILES string of the molecule is COc1ccc(C2CC3C(=O)N(CC(=O)NCc4ccc(OC)c(OC)c4)C=CN3N2)cc1. The van der Waals surface area contributed by atoms with Crippen molar-refractivity contribution in [1.82, 2.24) is 20.7 Å². The maximum atomic E-state index is 13.0. The molecule has 2 amide bonds. The second-order valence-corrected chi connectivity index (χ2v) is 7.84. The van der Waals surface area contributed by atoms with Crippen molar-refractivity contribution in [3.63, 3.8) is 0 Å². The summed E-state index contributed by atoms with van der Waals surface area (Å²) in [5.41, 5.74) is 5.30. The topological polar surface area (TPSA) is 92.4 Å². The van der Waals surface area contributed by atoms with Gasteiger partial charge < -0.3 is 29.4 Å². The minimum Gasteiger partial charge on any atom is -0.497 e. The van der Waals surface area contributed by atoms with Gasteiger partial charge >= 0.3 is 0 Å². The van der Waals surface area contributed by atoms with Crippen LogP contribution in [0.15, 0.2) is 54.9 Å². The van der Waals surface area contributed by atoms with Gasteiger partial charge in [-0.25, -0.2) is 5.43 Å². The van der Waals surface area contributed by atoms with Crippen molar-refractivity contribution in [2.75, 3.05) is 27.9 Å². The monoisotopic (exact) mass is 452 g/mol. The molecule has 0 spiro atoms. The summed E-state index contributed by atoms with van der Waals surface area (Å²) in [7, 11) is 4.77. The lowest BCUT2D eigenvalue weighted by Gasteiger charge is -2.31. The fourth-order valence-corrected chi connectivity index (χ4v) is 4.02. The first-order chi connectivity index (χ1) is 16.0. The number of carbonyl (C=O) groups excluding carboxylic acids is 2. The smallest absolute Gasteiger partial charge is 0.251 e. The molecule has 1 saturated heterocycles. The van der Waals surface area contributed by atoms with Crippen LogP contribution in [0.25, 0.3) is 0 Å². The van der Waals surface area contributed by atoms with E-state index in [1.54, 1.807) is 39.8 Å². The molecule has 33 heavy (non-hydrogen) atoms. The number of amides is 2. The summed E-state index contributed by atoms with van der Waals surface area (Å²) in [6, 6.07) is 12.9. The molecule has 1 fully saturated rings. The minimum atomic E-state index is -0.360. The molecule has 2 aromatic carbocycles. The first-order valence-electron chi connectivity index (χ1n) is 10.7. The minimum absolute atomic E-state index is 0.00772. The van der Waals surface area contributed by atoms with Gasteiger partial charge in [0.1, 0.15) is 18.3 Å². The van der Waals surface area contributed by atoms with E-state index in [4.69, 9.17) is 14.2 Å². The van der Waals surface area contributed by atoms with Gasteiger partial charge in [-0.15, -0.1) is 0 Å². The number of carbonyl (C=O) groups is 2. The Hall–Kier alpha value is -3.72. The van der Waals surface area contributed by atoms with Gasteiger partial charge in [0.15, 0.2) is 11.5 Å². The second kappa shape index (κ2) is 9.83. The highest BCUT2D eigenvalue weighted by molar-refractivity contribution is 5.89. The van der Waals surface area contributed by atoms with E-state index in [0.29, 0.717) is 24.5 Å². The molecule has 4 rings (SSSR count). The normalized spacial score (nSPS) is 19.3. The van der Waals surface area contributed by atoms with E-state index in [2.05, 4.69) is 10.7 Å². The van der Waals surface area contributed by atoms with Gasteiger partial charge in [0.05, 0.1) is 27.4 Å². The molecule has 2 aromatic rings. The zero-order valence-corrected chi connectivity index (χ0v) is 18.9. The van der Waals surface area contributed by atoms with Gasteiger partial charge in [0, 0.05) is 18.9 Å². The Balaban J connectivity index is 1.32. The van der Waals surface area contributed by atoms with Gasteiger partial charge in [-0.3, -0.25) is 9.59 Å². The molecule has 0 bridgehead atoms. The predicted octanol–water partition coefficient (Wildman–Crippen LogP) is 1.96. The van der Waals surface area contributed by atoms with Crippen LogP contribution < -0.4 is 25.0 Å². The number of methoxy groups -OCH3 is 3. The summed E-state index contributed by atoms with van der Waals surface area (Å²) < 4.78 is 15.7. The van der Waals surface area contributed by atoms with Gasteiger partial charge in [-0.05, 0) is 41.8 Å². The van der Waals surface area contributed by atoms with Crippen LogP contribution in [0.3, 0.4) is 0 Å². The first kappa shape index (κ1) is 22.5. The lowest BCUT2D eigenvalue weighted by atomic mass is 10.0. The molecule has 2 N–H and O–H groups in total. The predicted molar refractivity (Wildman–Crippen MR) is 121 cm³/mol. The molecular formula is C24H28N4O5. The first-order valence-corrected chi connectivity index (χ1v) is 10.7. The van der Waals surface area contributed by atoms with Gasteiger partial charge in [-0.1, -0.05) is 18.2 Å². The van der Waals surface area contributed by atoms with Crippen molar-refractivity contribution < 1.29 is 23.8 Å². The molecule has 2 aliphatic heterocycles. The third-order valence-electron chi connectivity index (χ3n) is 5.84. The number of hydrogen-bond donors (Lipinski definition) is 2. The number of benzene rings is 2. The van der Waals surface area contributed by atoms with Crippen molar-refractivity contribution in [2.45, 2.75) is 25.0 Å². The summed E-state index contributed by atoms with van der Waals surface area (Å²) in [6.07, 6.45) is 4.05. The molecule has 0 radical (unpaired) electrons. The largest absolute Gasteiger partial charge is 0.497 e. The molecule has 2 aliphatic rings. The van der Waals surface area contributed by atoms with Crippen LogP contribution in [-0.2, 0) is 16.1 Å². The molecule has 0 saturated carbocycles. The second-order valence-electron chi connectivity index (χ2n) is 7.84. The van der Waals surface area contributed by atoms with Crippen molar-refractivity contribution in [3.8, 4) is 17.2 Å². The zero-order valence-electron chi connectivity index (χ0n) is 18.9. The van der Waals surface area contributed by atoms with E-state index in [1.165, 1.54) is 4.90 Å². The molecule has 0 aromatic heterocycles. The number of nitrogens with one attached hydrogen (secondary N) is 2. The summed E-state index contributed by atoms with van der Waals surface area (Å²) in [5, 5.41) is 4.67. The Morgan fingerprint density at radius 1 is 1.03 bits per heavy atom. The zero-order chi connectivity index (χ0) is 23.4. The van der Waals surface area contributed by atoms with E-state index in [9.17, 15) is 9.59 Å². The maximum absolute atomic E-state index is 13.0. The Morgan fingerprint density at radius 2 is 1.79 bits per heavy atom. The molecular weight excluding hydrogens is 424 g/mol. The van der Waals surface area contributed by atoms with Crippen molar-refractivity contribution in [1.29, 1.82) is 0 Å². The molecule has 2 unspecified atom stereocenters. The number of rotatable bonds is 8. The fraction of sp³-hybridized carbons (Fsp3) is 0.333. The van der Waals surface area contributed by atoms with Crippen LogP contribution in [0, 0.1) is 0 Å². The van der Waals surface area contributed by atoms with Gasteiger partial charge in [0.2, 0.25) is 5.91 Å². The van der Waals surface area contributed by atoms with Crippen LogP contribution in [-0.4, -0.2) is 55.6 Å². The maximum Gasteiger partial charge on any atom is 0.251 e. The summed E-state index contributed by atoms with van der Waals surface area (Å²) in [5.74, 6) is 1.66. The number of hydrogen-bond acceptors (Lipinski definition) is 7. The number of fused-ring (bicyclic) bond motifs is 1. The number of hydrazine groups is 1. The Kier molecular flexibility index (Phi) is 6.69. The third kappa shape index (κ3) is 4.88. The lowest BCUT2D eigenvalue weighted by Crippen LogP contribution is -2.50. The van der Waals surface area contributed by atoms with Gasteiger partial charge in [0.25, 0.3) is 5.91 Å². The Labute approximate surface area is 192 Å². The lowest BCUT2D eigenvalue weighted by molar-refractivity contribution is -0.138. The Morgan fingerprint density at radius 3 is 2.48 bits per heavy atom. The highest BCUT2D eigenvalue weighted by Crippen LogP contribution is 2.31. The summed E-state index contributed by atoms with van der Waals surface area (Å²) in [4.78, 5) is 27.0. The van der Waals surface area contributed by atoms with Gasteiger partial charge in [-0.2, -0.15) is 0 Å². The Bertz CT molecular complexity index is 1040. The fourth-order valence-electron chi connectivity index (χ4n) is 4.02. The number of nitrogens with zero attached hydrogens (tertiary/aromatic N) is 2. The molecule has 2 atom stereocenters. The summed E-state index contributed by atoms with van der Waals surface area (Å²) in [6.45, 7) is 0.280. The van der Waals surface area contributed by atoms with Crippen molar-refractivity contribution in [2.24, 2.45) is 0 Å². The standard InChI is InChI=1S/C24H28N4O5/c1-31-18-7-5-17(6-8-18)19-13-20-24(30)27(10-11-28(20)26-19)15-23(29)25-14-16-4-9-21(32-2)22(12-16)33-3/h4-12,19-20,26H,13-15H2,1-3H3,(H,25,29). The number of ether oxygens (including phenoxy) is 3. The summed E-state index contributed by atoms with van der Waals surface area (Å²) >= 11 is 0. The van der Waals surface area contributed by atoms with Crippen LogP contribution >= 0.6 is 0 Å². The highest BCUT2D eigenvalue weighted by Gasteiger charge is 2.40. The van der Waals surface area contributed by atoms with E-state index >= 15 is 0 Å². The quantitative estimate of drug-likeness (QED) is 0.633. The average Bonchev–Trinajstić information content (AvgIpc) is 3.29. The van der Waals surface area contributed by atoms with Crippen LogP contribution in [0.2, 0.25) is 0 Å². The molecule has 2 heterocycles. The van der Waals surface area contributed by atoms with Crippen LogP contribution in [0.1, 0.15) is 23.6 Å². The van der Waals surface area contributed by atoms with Crippen molar-refractivity contribution >= 4 is 11.8 Å². The van der Waals surface area contributed by atoms with E-state index in [1.807, 2.05) is 41.4 Å².